The van der Waals surface area contributed by atoms with Gasteiger partial charge in [0.1, 0.15) is 22.9 Å². The van der Waals surface area contributed by atoms with Crippen molar-refractivity contribution in [3.63, 3.8) is 0 Å². The number of carbonyl (C=O) groups is 2. The molecule has 7 heteroatoms. The quantitative estimate of drug-likeness (QED) is 0.105. The molecule has 0 spiro atoms. The number of ether oxygens (including phenoxy) is 2. The Morgan fingerprint density at radius 3 is 1.89 bits per heavy atom. The van der Waals surface area contributed by atoms with Gasteiger partial charge in [0.15, 0.2) is 11.4 Å². The molecule has 1 heterocycles. The monoisotopic (exact) mass is 734 g/mol. The summed E-state index contributed by atoms with van der Waals surface area (Å²) in [5.74, 6) is -0.528. The van der Waals surface area contributed by atoms with Crippen LogP contribution in [0, 0.1) is 0 Å². The second-order valence-corrected chi connectivity index (χ2v) is 18.4. The first kappa shape index (κ1) is 40.8. The molecule has 2 atom stereocenters. The molecule has 1 aliphatic carbocycles. The Morgan fingerprint density at radius 2 is 1.35 bits per heavy atom. The van der Waals surface area contributed by atoms with Gasteiger partial charge in [0, 0.05) is 27.5 Å². The predicted molar refractivity (Wildman–Crippen MR) is 218 cm³/mol. The maximum atomic E-state index is 14.1. The third kappa shape index (κ3) is 8.01. The summed E-state index contributed by atoms with van der Waals surface area (Å²) in [6, 6.07) is 18.1. The number of phenols is 1. The summed E-state index contributed by atoms with van der Waals surface area (Å²) in [4.78, 5) is 36.0. The highest BCUT2D eigenvalue weighted by molar-refractivity contribution is 6.02. The smallest absolute Gasteiger partial charge is 0.362 e. The maximum Gasteiger partial charge on any atom is 0.362 e. The first-order valence-electron chi connectivity index (χ1n) is 19.8. The van der Waals surface area contributed by atoms with Crippen molar-refractivity contribution in [2.75, 3.05) is 0 Å². The Labute approximate surface area is 323 Å². The van der Waals surface area contributed by atoms with Gasteiger partial charge in [0.05, 0.1) is 0 Å². The molecule has 0 fully saturated rings. The lowest BCUT2D eigenvalue weighted by Crippen LogP contribution is -2.32. The number of aromatic amines is 1. The second-order valence-electron chi connectivity index (χ2n) is 18.4. The molecule has 1 aromatic heterocycles. The number of hydrogen-bond donors (Lipinski definition) is 2. The molecule has 2 N–H and O–H groups in total. The van der Waals surface area contributed by atoms with Gasteiger partial charge in [0.25, 0.3) is 0 Å². The summed E-state index contributed by atoms with van der Waals surface area (Å²) >= 11 is 0. The van der Waals surface area contributed by atoms with Crippen molar-refractivity contribution in [3.8, 4) is 22.9 Å². The van der Waals surface area contributed by atoms with Gasteiger partial charge >= 0.3 is 11.9 Å². The lowest BCUT2D eigenvalue weighted by atomic mass is 9.78. The number of aromatic nitrogens is 2. The third-order valence-corrected chi connectivity index (χ3v) is 11.6. The summed E-state index contributed by atoms with van der Waals surface area (Å²) in [5, 5.41) is 11.4. The average Bonchev–Trinajstić information content (AvgIpc) is 3.43. The molecule has 0 amide bonds. The van der Waals surface area contributed by atoms with Crippen LogP contribution in [-0.2, 0) is 26.4 Å². The fourth-order valence-electron chi connectivity index (χ4n) is 7.69. The zero-order valence-corrected chi connectivity index (χ0v) is 35.0. The number of benzene rings is 3. The highest BCUT2D eigenvalue weighted by Gasteiger charge is 2.45. The summed E-state index contributed by atoms with van der Waals surface area (Å²) in [7, 11) is 0. The SMILES string of the molecule is CCCCC(C)(CCC)OC(=O)c1nc(-c2cc(C(C)(C)C)c(O)c(C(C)(C)C)c2)[nH]c1C(=O)Oc1ccc(C(C)(C)c2ccc3c(c2)C3(C)CC)cc1. The molecule has 1 aliphatic rings. The van der Waals surface area contributed by atoms with Crippen LogP contribution in [0.4, 0.5) is 0 Å². The van der Waals surface area contributed by atoms with Gasteiger partial charge in [-0.25, -0.2) is 14.6 Å². The van der Waals surface area contributed by atoms with E-state index in [2.05, 4.69) is 64.7 Å². The number of nitrogens with zero attached hydrogens (tertiary/aromatic N) is 1. The molecule has 0 saturated carbocycles. The molecular weight excluding hydrogens is 673 g/mol. The van der Waals surface area contributed by atoms with E-state index < -0.39 is 28.4 Å². The summed E-state index contributed by atoms with van der Waals surface area (Å²) in [6.45, 7) is 27.3. The van der Waals surface area contributed by atoms with Gasteiger partial charge in [-0.05, 0) is 90.0 Å². The van der Waals surface area contributed by atoms with Gasteiger partial charge in [-0.1, -0.05) is 126 Å². The van der Waals surface area contributed by atoms with Gasteiger partial charge in [0.2, 0.25) is 0 Å². The number of unbranched alkanes of at least 4 members (excludes halogenated alkanes) is 1. The number of hydrogen-bond acceptors (Lipinski definition) is 6. The van der Waals surface area contributed by atoms with Crippen LogP contribution in [0.15, 0.2) is 54.6 Å². The maximum absolute atomic E-state index is 14.1. The molecule has 54 heavy (non-hydrogen) atoms. The molecule has 3 aromatic carbocycles. The highest BCUT2D eigenvalue weighted by atomic mass is 16.6. The van der Waals surface area contributed by atoms with E-state index in [0.717, 1.165) is 42.4 Å². The molecule has 290 valence electrons. The first-order chi connectivity index (χ1) is 25.1. The Balaban J connectivity index is 1.51. The van der Waals surface area contributed by atoms with Crippen LogP contribution in [0.5, 0.6) is 11.5 Å². The zero-order chi connectivity index (χ0) is 40.0. The standard InChI is InChI=1S/C47H62N2O5/c1-14-17-25-46(12,24-15-2)54-42(52)38-37(48-40(49-38)29-26-35(43(4,5)6)39(50)36(27-29)44(7,8)9)41(51)53-32-21-18-30(19-22-32)45(10,11)31-20-23-33-34(28-31)47(33,13)16-3/h18-23,26-28,50H,14-17,24-25H2,1-13H3,(H,48,49). The summed E-state index contributed by atoms with van der Waals surface area (Å²) in [6.07, 6.45) is 5.18. The molecular formula is C47H62N2O5. The number of esters is 2. The summed E-state index contributed by atoms with van der Waals surface area (Å²) in [5.41, 5.74) is 5.51. The zero-order valence-electron chi connectivity index (χ0n) is 35.0. The van der Waals surface area contributed by atoms with Crippen molar-refractivity contribution in [1.29, 1.82) is 0 Å². The third-order valence-electron chi connectivity index (χ3n) is 11.6. The Morgan fingerprint density at radius 1 is 0.759 bits per heavy atom. The molecule has 5 rings (SSSR count). The predicted octanol–water partition coefficient (Wildman–Crippen LogP) is 11.9. The van der Waals surface area contributed by atoms with Gasteiger partial charge in [-0.3, -0.25) is 0 Å². The van der Waals surface area contributed by atoms with Crippen molar-refractivity contribution in [2.24, 2.45) is 0 Å². The van der Waals surface area contributed by atoms with Crippen molar-refractivity contribution < 1.29 is 24.2 Å². The number of rotatable bonds is 13. The topological polar surface area (TPSA) is 102 Å². The van der Waals surface area contributed by atoms with E-state index in [1.807, 2.05) is 72.7 Å². The lowest BCUT2D eigenvalue weighted by molar-refractivity contribution is -0.0196. The normalized spacial score (nSPS) is 16.8. The van der Waals surface area contributed by atoms with Crippen molar-refractivity contribution >= 4 is 11.9 Å². The number of imidazole rings is 1. The molecule has 7 nitrogen and oxygen atoms in total. The fourth-order valence-corrected chi connectivity index (χ4v) is 7.69. The minimum absolute atomic E-state index is 0.0820. The van der Waals surface area contributed by atoms with Crippen LogP contribution >= 0.6 is 0 Å². The Hall–Kier alpha value is -4.39. The van der Waals surface area contributed by atoms with E-state index in [9.17, 15) is 14.7 Å². The van der Waals surface area contributed by atoms with Crippen molar-refractivity contribution in [1.82, 2.24) is 9.97 Å². The number of aromatic hydroxyl groups is 1. The minimum atomic E-state index is -0.741. The van der Waals surface area contributed by atoms with E-state index in [1.165, 1.54) is 16.7 Å². The number of H-pyrrole nitrogens is 1. The largest absolute Gasteiger partial charge is 0.507 e. The Kier molecular flexibility index (Phi) is 11.1. The van der Waals surface area contributed by atoms with E-state index in [-0.39, 0.29) is 28.0 Å². The van der Waals surface area contributed by atoms with Crippen LogP contribution < -0.4 is 4.74 Å². The van der Waals surface area contributed by atoms with Crippen LogP contribution in [0.25, 0.3) is 11.4 Å². The van der Waals surface area contributed by atoms with Gasteiger partial charge in [-0.15, -0.1) is 0 Å². The van der Waals surface area contributed by atoms with E-state index in [4.69, 9.17) is 14.5 Å². The second kappa shape index (κ2) is 14.7. The minimum Gasteiger partial charge on any atom is -0.507 e. The Bertz CT molecular complexity index is 1990. The number of nitrogens with one attached hydrogen (secondary N) is 1. The van der Waals surface area contributed by atoms with E-state index >= 15 is 0 Å². The summed E-state index contributed by atoms with van der Waals surface area (Å²) < 4.78 is 12.1. The number of carbonyl (C=O) groups excluding carboxylic acids is 2. The average molecular weight is 735 g/mol. The van der Waals surface area contributed by atoms with Crippen LogP contribution in [0.3, 0.4) is 0 Å². The molecule has 4 aromatic rings. The van der Waals surface area contributed by atoms with Crippen LogP contribution in [0.1, 0.15) is 183 Å². The number of fused-ring (bicyclic) bond motifs is 1. The fraction of sp³-hybridized carbons (Fsp3) is 0.511. The van der Waals surface area contributed by atoms with Gasteiger partial charge < -0.3 is 19.6 Å². The van der Waals surface area contributed by atoms with Crippen LogP contribution in [0.2, 0.25) is 0 Å². The van der Waals surface area contributed by atoms with Crippen LogP contribution in [-0.4, -0.2) is 32.6 Å². The van der Waals surface area contributed by atoms with Crippen molar-refractivity contribution in [3.05, 3.63) is 99.4 Å². The highest BCUT2D eigenvalue weighted by Crippen LogP contribution is 2.53. The molecule has 0 bridgehead atoms. The molecule has 2 unspecified atom stereocenters. The van der Waals surface area contributed by atoms with E-state index in [1.54, 1.807) is 12.1 Å². The molecule has 0 aliphatic heterocycles. The van der Waals surface area contributed by atoms with Crippen molar-refractivity contribution in [2.45, 2.75) is 156 Å². The number of phenolic OH excluding ortho intramolecular Hbond substituents is 1. The first-order valence-corrected chi connectivity index (χ1v) is 19.8. The molecule has 0 saturated heterocycles. The van der Waals surface area contributed by atoms with Gasteiger partial charge in [-0.2, -0.15) is 0 Å². The van der Waals surface area contributed by atoms with E-state index in [0.29, 0.717) is 30.0 Å². The molecule has 0 radical (unpaired) electrons. The lowest BCUT2D eigenvalue weighted by Gasteiger charge is -2.29.